The molecule has 1 heterocycles. The highest BCUT2D eigenvalue weighted by atomic mass is 16.4. The number of furan rings is 1. The lowest BCUT2D eigenvalue weighted by Crippen LogP contribution is -2.32. The zero-order valence-corrected chi connectivity index (χ0v) is 10.1. The second kappa shape index (κ2) is 5.36. The second-order valence-corrected chi connectivity index (χ2v) is 4.92. The van der Waals surface area contributed by atoms with Gasteiger partial charge < -0.3 is 14.8 Å². The predicted molar refractivity (Wildman–Crippen MR) is 63.9 cm³/mol. The average Bonchev–Trinajstić information content (AvgIpc) is 2.75. The van der Waals surface area contributed by atoms with Crippen molar-refractivity contribution in [1.82, 2.24) is 5.32 Å². The van der Waals surface area contributed by atoms with Crippen LogP contribution in [0.1, 0.15) is 48.9 Å². The van der Waals surface area contributed by atoms with Crippen LogP contribution in [0.2, 0.25) is 0 Å². The molecule has 94 valence electrons. The van der Waals surface area contributed by atoms with Gasteiger partial charge in [-0.25, -0.2) is 4.79 Å². The van der Waals surface area contributed by atoms with Gasteiger partial charge in [0.25, 0.3) is 0 Å². The van der Waals surface area contributed by atoms with Crippen molar-refractivity contribution in [2.24, 2.45) is 5.92 Å². The molecule has 2 rings (SSSR count). The quantitative estimate of drug-likeness (QED) is 0.845. The summed E-state index contributed by atoms with van der Waals surface area (Å²) in [6, 6.07) is 3.77. The van der Waals surface area contributed by atoms with Gasteiger partial charge in [-0.05, 0) is 30.9 Å². The van der Waals surface area contributed by atoms with Crippen LogP contribution in [-0.2, 0) is 6.54 Å². The molecule has 1 aromatic heterocycles. The molecular weight excluding hydrogens is 218 g/mol. The van der Waals surface area contributed by atoms with E-state index in [1.165, 1.54) is 31.7 Å². The van der Waals surface area contributed by atoms with Crippen LogP contribution in [0.25, 0.3) is 0 Å². The van der Waals surface area contributed by atoms with E-state index in [1.54, 1.807) is 6.07 Å². The van der Waals surface area contributed by atoms with E-state index < -0.39 is 5.97 Å². The molecule has 1 aliphatic rings. The molecule has 1 saturated carbocycles. The Balaban J connectivity index is 1.82. The number of rotatable bonds is 4. The maximum atomic E-state index is 10.6. The number of carboxylic acids is 1. The van der Waals surface area contributed by atoms with Crippen LogP contribution in [0.3, 0.4) is 0 Å². The molecule has 0 aliphatic heterocycles. The molecule has 0 bridgehead atoms. The van der Waals surface area contributed by atoms with Crippen molar-refractivity contribution in [2.75, 3.05) is 0 Å². The first kappa shape index (κ1) is 12.2. The molecule has 17 heavy (non-hydrogen) atoms. The topological polar surface area (TPSA) is 62.5 Å². The lowest BCUT2D eigenvalue weighted by Gasteiger charge is -2.27. The van der Waals surface area contributed by atoms with Gasteiger partial charge in [0.05, 0.1) is 6.54 Å². The Morgan fingerprint density at radius 3 is 3.00 bits per heavy atom. The summed E-state index contributed by atoms with van der Waals surface area (Å²) >= 11 is 0. The Labute approximate surface area is 101 Å². The SMILES string of the molecule is CC1CCCC(NCc2ccc(C(=O)O)o2)C1. The summed E-state index contributed by atoms with van der Waals surface area (Å²) < 4.78 is 5.20. The van der Waals surface area contributed by atoms with Crippen LogP contribution >= 0.6 is 0 Å². The van der Waals surface area contributed by atoms with E-state index in [4.69, 9.17) is 9.52 Å². The first-order chi connectivity index (χ1) is 8.15. The van der Waals surface area contributed by atoms with Gasteiger partial charge in [-0.15, -0.1) is 0 Å². The number of carbonyl (C=O) groups is 1. The van der Waals surface area contributed by atoms with Crippen LogP contribution in [0.5, 0.6) is 0 Å². The number of hydrogen-bond acceptors (Lipinski definition) is 3. The number of aromatic carboxylic acids is 1. The fraction of sp³-hybridized carbons (Fsp3) is 0.615. The van der Waals surface area contributed by atoms with Crippen molar-refractivity contribution in [3.8, 4) is 0 Å². The molecule has 2 N–H and O–H groups in total. The van der Waals surface area contributed by atoms with Crippen LogP contribution < -0.4 is 5.32 Å². The van der Waals surface area contributed by atoms with E-state index in [1.807, 2.05) is 0 Å². The zero-order valence-electron chi connectivity index (χ0n) is 10.1. The van der Waals surface area contributed by atoms with Gasteiger partial charge in [0.15, 0.2) is 0 Å². The second-order valence-electron chi connectivity index (χ2n) is 4.92. The monoisotopic (exact) mass is 237 g/mol. The minimum Gasteiger partial charge on any atom is -0.475 e. The van der Waals surface area contributed by atoms with Crippen LogP contribution in [0, 0.1) is 5.92 Å². The lowest BCUT2D eigenvalue weighted by molar-refractivity contribution is 0.0660. The molecule has 4 heteroatoms. The fourth-order valence-corrected chi connectivity index (χ4v) is 2.45. The van der Waals surface area contributed by atoms with Crippen LogP contribution in [0.15, 0.2) is 16.5 Å². The zero-order chi connectivity index (χ0) is 12.3. The van der Waals surface area contributed by atoms with Crippen molar-refractivity contribution >= 4 is 5.97 Å². The Bertz CT molecular complexity index is 386. The molecule has 0 spiro atoms. The average molecular weight is 237 g/mol. The largest absolute Gasteiger partial charge is 0.475 e. The van der Waals surface area contributed by atoms with E-state index in [0.29, 0.717) is 18.3 Å². The molecule has 0 radical (unpaired) electrons. The highest BCUT2D eigenvalue weighted by Crippen LogP contribution is 2.23. The third-order valence-corrected chi connectivity index (χ3v) is 3.37. The standard InChI is InChI=1S/C13H19NO3/c1-9-3-2-4-10(7-9)14-8-11-5-6-12(17-11)13(15)16/h5-6,9-10,14H,2-4,7-8H2,1H3,(H,15,16). The van der Waals surface area contributed by atoms with Crippen molar-refractivity contribution in [1.29, 1.82) is 0 Å². The Morgan fingerprint density at radius 1 is 1.53 bits per heavy atom. The number of nitrogens with one attached hydrogen (secondary N) is 1. The van der Waals surface area contributed by atoms with Crippen molar-refractivity contribution < 1.29 is 14.3 Å². The maximum absolute atomic E-state index is 10.6. The normalized spacial score (nSPS) is 24.8. The van der Waals surface area contributed by atoms with E-state index in [0.717, 1.165) is 5.92 Å². The summed E-state index contributed by atoms with van der Waals surface area (Å²) in [6.07, 6.45) is 5.00. The van der Waals surface area contributed by atoms with E-state index in [-0.39, 0.29) is 5.76 Å². The van der Waals surface area contributed by atoms with Crippen molar-refractivity contribution in [3.63, 3.8) is 0 Å². The summed E-state index contributed by atoms with van der Waals surface area (Å²) in [4.78, 5) is 10.6. The summed E-state index contributed by atoms with van der Waals surface area (Å²) in [7, 11) is 0. The smallest absolute Gasteiger partial charge is 0.371 e. The van der Waals surface area contributed by atoms with Crippen molar-refractivity contribution in [3.05, 3.63) is 23.7 Å². The third kappa shape index (κ3) is 3.33. The molecule has 1 aliphatic carbocycles. The molecule has 0 aromatic carbocycles. The Kier molecular flexibility index (Phi) is 3.84. The lowest BCUT2D eigenvalue weighted by atomic mass is 9.87. The van der Waals surface area contributed by atoms with Gasteiger partial charge in [-0.3, -0.25) is 0 Å². The molecule has 0 saturated heterocycles. The summed E-state index contributed by atoms with van der Waals surface area (Å²) in [5.41, 5.74) is 0. The Morgan fingerprint density at radius 2 is 2.35 bits per heavy atom. The highest BCUT2D eigenvalue weighted by molar-refractivity contribution is 5.84. The van der Waals surface area contributed by atoms with Crippen LogP contribution in [0.4, 0.5) is 0 Å². The first-order valence-electron chi connectivity index (χ1n) is 6.20. The van der Waals surface area contributed by atoms with Gasteiger partial charge in [-0.1, -0.05) is 19.8 Å². The van der Waals surface area contributed by atoms with E-state index >= 15 is 0 Å². The molecule has 1 fully saturated rings. The van der Waals surface area contributed by atoms with Gasteiger partial charge in [0.2, 0.25) is 5.76 Å². The number of carboxylic acid groups (broad SMARTS) is 1. The molecule has 2 atom stereocenters. The van der Waals surface area contributed by atoms with E-state index in [9.17, 15) is 4.79 Å². The molecular formula is C13H19NO3. The minimum absolute atomic E-state index is 0.0128. The van der Waals surface area contributed by atoms with Gasteiger partial charge in [0, 0.05) is 6.04 Å². The third-order valence-electron chi connectivity index (χ3n) is 3.37. The van der Waals surface area contributed by atoms with Crippen molar-refractivity contribution in [2.45, 2.75) is 45.2 Å². The van der Waals surface area contributed by atoms with E-state index in [2.05, 4.69) is 12.2 Å². The predicted octanol–water partition coefficient (Wildman–Crippen LogP) is 2.65. The van der Waals surface area contributed by atoms with Gasteiger partial charge >= 0.3 is 5.97 Å². The fourth-order valence-electron chi connectivity index (χ4n) is 2.45. The summed E-state index contributed by atoms with van der Waals surface area (Å²) in [5, 5.41) is 12.2. The molecule has 2 unspecified atom stereocenters. The van der Waals surface area contributed by atoms with Gasteiger partial charge in [-0.2, -0.15) is 0 Å². The highest BCUT2D eigenvalue weighted by Gasteiger charge is 2.18. The number of hydrogen-bond donors (Lipinski definition) is 2. The maximum Gasteiger partial charge on any atom is 0.371 e. The summed E-state index contributed by atoms with van der Waals surface area (Å²) in [6.45, 7) is 2.90. The minimum atomic E-state index is -1.01. The summed E-state index contributed by atoms with van der Waals surface area (Å²) in [5.74, 6) is 0.481. The molecule has 1 aromatic rings. The molecule has 0 amide bonds. The van der Waals surface area contributed by atoms with Crippen LogP contribution in [-0.4, -0.2) is 17.1 Å². The van der Waals surface area contributed by atoms with Gasteiger partial charge in [0.1, 0.15) is 5.76 Å². The Hall–Kier alpha value is -1.29. The first-order valence-corrected chi connectivity index (χ1v) is 6.20. The molecule has 4 nitrogen and oxygen atoms in total.